The number of ether oxygens (including phenoxy) is 1. The molecule has 3 rings (SSSR count). The average molecular weight is 303 g/mol. The van der Waals surface area contributed by atoms with Crippen molar-refractivity contribution in [3.63, 3.8) is 0 Å². The standard InChI is InChI=1S/C15H14FN3OS/c1-8-6-10(16)4-5-12(8)20-13-11-7-9(2)21-14(11)19-15(17-3)18-13/h4-7H,1-3H3,(H,17,18,19). The molecular formula is C15H14FN3OS. The quantitative estimate of drug-likeness (QED) is 0.784. The fourth-order valence-corrected chi connectivity index (χ4v) is 2.91. The molecule has 0 aliphatic carbocycles. The van der Waals surface area contributed by atoms with Gasteiger partial charge in [-0.15, -0.1) is 11.3 Å². The number of benzene rings is 1. The summed E-state index contributed by atoms with van der Waals surface area (Å²) in [5.41, 5.74) is 0.722. The van der Waals surface area contributed by atoms with Crippen molar-refractivity contribution < 1.29 is 9.13 Å². The summed E-state index contributed by atoms with van der Waals surface area (Å²) in [6, 6.07) is 6.41. The van der Waals surface area contributed by atoms with E-state index in [4.69, 9.17) is 4.74 Å². The van der Waals surface area contributed by atoms with Crippen molar-refractivity contribution in [3.8, 4) is 11.6 Å². The Kier molecular flexibility index (Phi) is 3.47. The van der Waals surface area contributed by atoms with Gasteiger partial charge in [-0.3, -0.25) is 0 Å². The van der Waals surface area contributed by atoms with Gasteiger partial charge < -0.3 is 10.1 Å². The minimum Gasteiger partial charge on any atom is -0.438 e. The van der Waals surface area contributed by atoms with Crippen LogP contribution in [-0.2, 0) is 0 Å². The molecule has 0 bridgehead atoms. The SMILES string of the molecule is CNc1nc(Oc2ccc(F)cc2C)c2cc(C)sc2n1. The van der Waals surface area contributed by atoms with Crippen LogP contribution in [0.25, 0.3) is 10.2 Å². The summed E-state index contributed by atoms with van der Waals surface area (Å²) in [4.78, 5) is 10.8. The van der Waals surface area contributed by atoms with Gasteiger partial charge in [-0.1, -0.05) is 0 Å². The second-order valence-corrected chi connectivity index (χ2v) is 5.92. The number of aryl methyl sites for hydroxylation is 2. The maximum Gasteiger partial charge on any atom is 0.232 e. The van der Waals surface area contributed by atoms with Crippen LogP contribution < -0.4 is 10.1 Å². The second kappa shape index (κ2) is 5.29. The first-order chi connectivity index (χ1) is 10.1. The Hall–Kier alpha value is -2.21. The zero-order valence-corrected chi connectivity index (χ0v) is 12.7. The molecule has 0 saturated heterocycles. The molecule has 1 aromatic carbocycles. The maximum absolute atomic E-state index is 13.2. The zero-order valence-electron chi connectivity index (χ0n) is 11.9. The first-order valence-electron chi connectivity index (χ1n) is 6.47. The van der Waals surface area contributed by atoms with E-state index in [9.17, 15) is 4.39 Å². The predicted octanol–water partition coefficient (Wildman–Crippen LogP) is 4.28. The van der Waals surface area contributed by atoms with Crippen molar-refractivity contribution in [3.05, 3.63) is 40.5 Å². The van der Waals surface area contributed by atoms with E-state index in [0.717, 1.165) is 20.7 Å². The Morgan fingerprint density at radius 2 is 2.00 bits per heavy atom. The average Bonchev–Trinajstić information content (AvgIpc) is 2.82. The van der Waals surface area contributed by atoms with Crippen LogP contribution in [0.3, 0.4) is 0 Å². The normalized spacial score (nSPS) is 10.9. The molecule has 0 unspecified atom stereocenters. The smallest absolute Gasteiger partial charge is 0.232 e. The summed E-state index contributed by atoms with van der Waals surface area (Å²) < 4.78 is 19.1. The van der Waals surface area contributed by atoms with Gasteiger partial charge in [-0.2, -0.15) is 4.98 Å². The van der Waals surface area contributed by atoms with Crippen LogP contribution in [0.1, 0.15) is 10.4 Å². The zero-order chi connectivity index (χ0) is 15.0. The van der Waals surface area contributed by atoms with Gasteiger partial charge in [0.1, 0.15) is 16.4 Å². The second-order valence-electron chi connectivity index (χ2n) is 4.69. The van der Waals surface area contributed by atoms with Gasteiger partial charge >= 0.3 is 0 Å². The van der Waals surface area contributed by atoms with E-state index < -0.39 is 0 Å². The number of nitrogens with one attached hydrogen (secondary N) is 1. The fraction of sp³-hybridized carbons (Fsp3) is 0.200. The van der Waals surface area contributed by atoms with Gasteiger partial charge in [0.2, 0.25) is 11.8 Å². The Balaban J connectivity index is 2.10. The number of thiophene rings is 1. The molecule has 3 aromatic rings. The van der Waals surface area contributed by atoms with Gasteiger partial charge in [0.05, 0.1) is 5.39 Å². The molecule has 1 N–H and O–H groups in total. The third-order valence-electron chi connectivity index (χ3n) is 3.05. The molecule has 2 heterocycles. The molecule has 0 amide bonds. The van der Waals surface area contributed by atoms with Gasteiger partial charge in [0.25, 0.3) is 0 Å². The lowest BCUT2D eigenvalue weighted by Crippen LogP contribution is -1.99. The third kappa shape index (κ3) is 2.67. The number of rotatable bonds is 3. The molecule has 0 aliphatic heterocycles. The van der Waals surface area contributed by atoms with E-state index in [1.807, 2.05) is 13.0 Å². The van der Waals surface area contributed by atoms with E-state index in [1.54, 1.807) is 31.4 Å². The minimum absolute atomic E-state index is 0.282. The van der Waals surface area contributed by atoms with Crippen LogP contribution in [0.5, 0.6) is 11.6 Å². The minimum atomic E-state index is -0.282. The monoisotopic (exact) mass is 303 g/mol. The number of nitrogens with zero attached hydrogens (tertiary/aromatic N) is 2. The number of halogens is 1. The molecule has 0 radical (unpaired) electrons. The Labute approximate surface area is 125 Å². The van der Waals surface area contributed by atoms with Gasteiger partial charge in [-0.05, 0) is 43.7 Å². The van der Waals surface area contributed by atoms with Gasteiger partial charge in [-0.25, -0.2) is 9.37 Å². The van der Waals surface area contributed by atoms with Crippen LogP contribution in [0, 0.1) is 19.7 Å². The number of hydrogen-bond donors (Lipinski definition) is 1. The highest BCUT2D eigenvalue weighted by atomic mass is 32.1. The predicted molar refractivity (Wildman–Crippen MR) is 82.9 cm³/mol. The molecule has 108 valence electrons. The van der Waals surface area contributed by atoms with E-state index >= 15 is 0 Å². The summed E-state index contributed by atoms with van der Waals surface area (Å²) in [6.07, 6.45) is 0. The van der Waals surface area contributed by atoms with Crippen molar-refractivity contribution in [1.29, 1.82) is 0 Å². The molecule has 21 heavy (non-hydrogen) atoms. The highest BCUT2D eigenvalue weighted by Crippen LogP contribution is 2.34. The number of fused-ring (bicyclic) bond motifs is 1. The molecule has 0 atom stereocenters. The first kappa shape index (κ1) is 13.8. The lowest BCUT2D eigenvalue weighted by Gasteiger charge is -2.09. The number of anilines is 1. The van der Waals surface area contributed by atoms with Crippen LogP contribution in [0.15, 0.2) is 24.3 Å². The van der Waals surface area contributed by atoms with Gasteiger partial charge in [0.15, 0.2) is 0 Å². The van der Waals surface area contributed by atoms with E-state index in [0.29, 0.717) is 17.6 Å². The van der Waals surface area contributed by atoms with Gasteiger partial charge in [0, 0.05) is 11.9 Å². The van der Waals surface area contributed by atoms with Crippen LogP contribution >= 0.6 is 11.3 Å². The molecule has 2 aromatic heterocycles. The molecule has 4 nitrogen and oxygen atoms in total. The fourth-order valence-electron chi connectivity index (χ4n) is 2.04. The summed E-state index contributed by atoms with van der Waals surface area (Å²) in [6.45, 7) is 3.81. The summed E-state index contributed by atoms with van der Waals surface area (Å²) in [5, 5.41) is 3.78. The first-order valence-corrected chi connectivity index (χ1v) is 7.28. The highest BCUT2D eigenvalue weighted by molar-refractivity contribution is 7.18. The van der Waals surface area contributed by atoms with Crippen molar-refractivity contribution in [2.24, 2.45) is 0 Å². The molecule has 6 heteroatoms. The topological polar surface area (TPSA) is 47.0 Å². The molecule has 0 spiro atoms. The summed E-state index contributed by atoms with van der Waals surface area (Å²) >= 11 is 1.58. The maximum atomic E-state index is 13.2. The summed E-state index contributed by atoms with van der Waals surface area (Å²) in [7, 11) is 1.76. The van der Waals surface area contributed by atoms with Crippen LogP contribution in [0.4, 0.5) is 10.3 Å². The van der Waals surface area contributed by atoms with E-state index in [1.165, 1.54) is 12.1 Å². The third-order valence-corrected chi connectivity index (χ3v) is 3.99. The number of hydrogen-bond acceptors (Lipinski definition) is 5. The van der Waals surface area contributed by atoms with Crippen molar-refractivity contribution in [1.82, 2.24) is 9.97 Å². The molecular weight excluding hydrogens is 289 g/mol. The summed E-state index contributed by atoms with van der Waals surface area (Å²) in [5.74, 6) is 1.28. The molecule has 0 saturated carbocycles. The van der Waals surface area contributed by atoms with Crippen molar-refractivity contribution >= 4 is 27.5 Å². The Morgan fingerprint density at radius 1 is 1.19 bits per heavy atom. The van der Waals surface area contributed by atoms with E-state index in [-0.39, 0.29) is 5.82 Å². The number of aromatic nitrogens is 2. The lowest BCUT2D eigenvalue weighted by atomic mass is 10.2. The van der Waals surface area contributed by atoms with Crippen molar-refractivity contribution in [2.75, 3.05) is 12.4 Å². The molecule has 0 fully saturated rings. The highest BCUT2D eigenvalue weighted by Gasteiger charge is 2.13. The van der Waals surface area contributed by atoms with Crippen LogP contribution in [-0.4, -0.2) is 17.0 Å². The van der Waals surface area contributed by atoms with Crippen molar-refractivity contribution in [2.45, 2.75) is 13.8 Å². The Bertz CT molecular complexity index is 816. The lowest BCUT2D eigenvalue weighted by molar-refractivity contribution is 0.463. The van der Waals surface area contributed by atoms with E-state index in [2.05, 4.69) is 15.3 Å². The van der Waals surface area contributed by atoms with Crippen LogP contribution in [0.2, 0.25) is 0 Å². The Morgan fingerprint density at radius 3 is 2.71 bits per heavy atom. The largest absolute Gasteiger partial charge is 0.438 e. The molecule has 0 aliphatic rings.